The summed E-state index contributed by atoms with van der Waals surface area (Å²) in [5.41, 5.74) is 2.93. The number of fused-ring (bicyclic) bond motifs is 1. The molecule has 0 saturated carbocycles. The van der Waals surface area contributed by atoms with Crippen LogP contribution in [0.25, 0.3) is 10.9 Å². The van der Waals surface area contributed by atoms with Crippen molar-refractivity contribution in [1.82, 2.24) is 9.88 Å². The quantitative estimate of drug-likeness (QED) is 0.170. The number of alkyl halides is 3. The summed E-state index contributed by atoms with van der Waals surface area (Å²) in [6, 6.07) is 32.4. The lowest BCUT2D eigenvalue weighted by molar-refractivity contribution is -0.137. The van der Waals surface area contributed by atoms with Crippen molar-refractivity contribution in [1.29, 1.82) is 0 Å². The summed E-state index contributed by atoms with van der Waals surface area (Å²) < 4.78 is 47.2. The minimum Gasteiger partial charge on any atom is -0.493 e. The smallest absolute Gasteiger partial charge is 0.417 e. The van der Waals surface area contributed by atoms with Crippen molar-refractivity contribution < 1.29 is 17.9 Å². The van der Waals surface area contributed by atoms with Crippen molar-refractivity contribution in [3.63, 3.8) is 0 Å². The number of nitrogens with zero attached hydrogens (tertiary/aromatic N) is 1. The van der Waals surface area contributed by atoms with Crippen molar-refractivity contribution in [2.45, 2.75) is 25.6 Å². The molecule has 0 aliphatic carbocycles. The monoisotopic (exact) mass is 576 g/mol. The summed E-state index contributed by atoms with van der Waals surface area (Å²) in [7, 11) is 0. The molecule has 5 rings (SSSR count). The Morgan fingerprint density at radius 3 is 2.12 bits per heavy atom. The summed E-state index contributed by atoms with van der Waals surface area (Å²) in [6.07, 6.45) is -2.64. The van der Waals surface area contributed by atoms with Gasteiger partial charge in [-0.3, -0.25) is 4.90 Å². The van der Waals surface area contributed by atoms with E-state index in [9.17, 15) is 13.2 Å². The average molecular weight is 577 g/mol. The Balaban J connectivity index is 1.41. The van der Waals surface area contributed by atoms with E-state index in [2.05, 4.69) is 41.1 Å². The minimum absolute atomic E-state index is 0.0173. The molecule has 0 fully saturated rings. The number of hydrogen-bond donors (Lipinski definition) is 1. The number of ether oxygens (including phenoxy) is 1. The van der Waals surface area contributed by atoms with Crippen molar-refractivity contribution in [2.75, 3.05) is 19.7 Å². The Bertz CT molecular complexity index is 1510. The van der Waals surface area contributed by atoms with Gasteiger partial charge in [0.2, 0.25) is 0 Å². The molecule has 41 heavy (non-hydrogen) atoms. The normalized spacial score (nSPS) is 12.8. The second-order valence-corrected chi connectivity index (χ2v) is 10.8. The minimum atomic E-state index is -4.52. The van der Waals surface area contributed by atoms with Crippen LogP contribution in [-0.4, -0.2) is 29.6 Å². The van der Waals surface area contributed by atoms with E-state index < -0.39 is 11.7 Å². The van der Waals surface area contributed by atoms with E-state index in [-0.39, 0.29) is 23.4 Å². The van der Waals surface area contributed by atoms with Crippen LogP contribution >= 0.6 is 11.6 Å². The molecular formula is C34H32ClF3N2O. The summed E-state index contributed by atoms with van der Waals surface area (Å²) in [4.78, 5) is 5.39. The molecule has 212 valence electrons. The van der Waals surface area contributed by atoms with Gasteiger partial charge in [0.1, 0.15) is 5.75 Å². The predicted octanol–water partition coefficient (Wildman–Crippen LogP) is 9.19. The Labute approximate surface area is 243 Å². The zero-order valence-corrected chi connectivity index (χ0v) is 23.5. The maximum absolute atomic E-state index is 13.7. The average Bonchev–Trinajstić information content (AvgIpc) is 3.46. The Morgan fingerprint density at radius 1 is 0.805 bits per heavy atom. The first kappa shape index (κ1) is 28.8. The van der Waals surface area contributed by atoms with Gasteiger partial charge in [-0.2, -0.15) is 13.2 Å². The first-order valence-corrected chi connectivity index (χ1v) is 14.0. The van der Waals surface area contributed by atoms with Gasteiger partial charge in [-0.05, 0) is 41.0 Å². The molecule has 0 spiro atoms. The molecule has 1 heterocycles. The Morgan fingerprint density at radius 2 is 1.46 bits per heavy atom. The molecule has 0 aliphatic heterocycles. The molecule has 7 heteroatoms. The lowest BCUT2D eigenvalue weighted by atomic mass is 9.90. The van der Waals surface area contributed by atoms with E-state index in [0.29, 0.717) is 25.3 Å². The van der Waals surface area contributed by atoms with Gasteiger partial charge in [0.15, 0.2) is 0 Å². The largest absolute Gasteiger partial charge is 0.493 e. The van der Waals surface area contributed by atoms with Crippen LogP contribution in [0, 0.1) is 5.92 Å². The molecule has 1 N–H and O–H groups in total. The highest BCUT2D eigenvalue weighted by molar-refractivity contribution is 6.32. The fourth-order valence-electron chi connectivity index (χ4n) is 5.31. The van der Waals surface area contributed by atoms with Crippen LogP contribution in [0.5, 0.6) is 5.75 Å². The molecule has 0 unspecified atom stereocenters. The molecule has 0 bridgehead atoms. The van der Waals surface area contributed by atoms with Crippen LogP contribution in [0.2, 0.25) is 5.02 Å². The summed E-state index contributed by atoms with van der Waals surface area (Å²) >= 11 is 6.36. The molecular weight excluding hydrogens is 545 g/mol. The fourth-order valence-corrected chi connectivity index (χ4v) is 5.60. The maximum Gasteiger partial charge on any atom is 0.417 e. The molecule has 0 radical (unpaired) electrons. The first-order chi connectivity index (χ1) is 19.8. The third kappa shape index (κ3) is 7.13. The van der Waals surface area contributed by atoms with Gasteiger partial charge >= 0.3 is 6.18 Å². The number of rotatable bonds is 11. The SMILES string of the molecule is C[C@@H](COc1cccc2[nH]ccc12)CN(Cc1cccc(C(F)(F)F)c1Cl)CC(c1ccccc1)c1ccccc1. The standard InChI is InChI=1S/C34H32ClF3N2O/c1-24(23-41-32-17-9-16-31-28(32)18-19-39-31)20-40(21-27-14-8-15-30(33(27)35)34(36,37)38)22-29(25-10-4-2-5-11-25)26-12-6-3-7-13-26/h2-19,24,29,39H,20-23H2,1H3/t24-/m1/s1. The van der Waals surface area contributed by atoms with Crippen molar-refractivity contribution in [3.05, 3.63) is 137 Å². The number of hydrogen-bond acceptors (Lipinski definition) is 2. The molecule has 0 aliphatic rings. The highest BCUT2D eigenvalue weighted by Crippen LogP contribution is 2.37. The van der Waals surface area contributed by atoms with Gasteiger partial charge in [-0.1, -0.05) is 97.4 Å². The molecule has 0 amide bonds. The fraction of sp³-hybridized carbons (Fsp3) is 0.235. The van der Waals surface area contributed by atoms with E-state index in [4.69, 9.17) is 16.3 Å². The molecule has 5 aromatic rings. The van der Waals surface area contributed by atoms with E-state index in [0.717, 1.165) is 33.8 Å². The van der Waals surface area contributed by atoms with Gasteiger partial charge in [-0.25, -0.2) is 0 Å². The van der Waals surface area contributed by atoms with E-state index in [1.165, 1.54) is 6.07 Å². The molecule has 1 aromatic heterocycles. The highest BCUT2D eigenvalue weighted by Gasteiger charge is 2.34. The van der Waals surface area contributed by atoms with Gasteiger partial charge in [0, 0.05) is 48.6 Å². The first-order valence-electron chi connectivity index (χ1n) is 13.7. The molecule has 0 saturated heterocycles. The third-order valence-corrected chi connectivity index (χ3v) is 7.72. The third-order valence-electron chi connectivity index (χ3n) is 7.27. The number of aromatic amines is 1. The second kappa shape index (κ2) is 12.8. The van der Waals surface area contributed by atoms with Gasteiger partial charge in [-0.15, -0.1) is 0 Å². The van der Waals surface area contributed by atoms with Crippen LogP contribution in [0.4, 0.5) is 13.2 Å². The molecule has 4 aromatic carbocycles. The maximum atomic E-state index is 13.7. The van der Waals surface area contributed by atoms with Crippen molar-refractivity contribution in [3.8, 4) is 5.75 Å². The molecule has 3 nitrogen and oxygen atoms in total. The van der Waals surface area contributed by atoms with Crippen LogP contribution < -0.4 is 4.74 Å². The van der Waals surface area contributed by atoms with E-state index in [1.54, 1.807) is 6.07 Å². The summed E-state index contributed by atoms with van der Waals surface area (Å²) in [6.45, 7) is 4.03. The van der Waals surface area contributed by atoms with E-state index >= 15 is 0 Å². The van der Waals surface area contributed by atoms with Crippen LogP contribution in [-0.2, 0) is 12.7 Å². The highest BCUT2D eigenvalue weighted by atomic mass is 35.5. The number of benzene rings is 4. The second-order valence-electron chi connectivity index (χ2n) is 10.5. The Kier molecular flexibility index (Phi) is 9.01. The molecule has 1 atom stereocenters. The topological polar surface area (TPSA) is 28.3 Å². The van der Waals surface area contributed by atoms with Crippen LogP contribution in [0.3, 0.4) is 0 Å². The van der Waals surface area contributed by atoms with Gasteiger partial charge in [0.05, 0.1) is 17.2 Å². The summed E-state index contributed by atoms with van der Waals surface area (Å²) in [5.74, 6) is 0.902. The van der Waals surface area contributed by atoms with E-state index in [1.807, 2.05) is 66.9 Å². The predicted molar refractivity (Wildman–Crippen MR) is 159 cm³/mol. The zero-order chi connectivity index (χ0) is 28.8. The number of H-pyrrole nitrogens is 1. The zero-order valence-electron chi connectivity index (χ0n) is 22.7. The number of aromatic nitrogens is 1. The Hall–Kier alpha value is -3.74. The van der Waals surface area contributed by atoms with Crippen LogP contribution in [0.15, 0.2) is 109 Å². The van der Waals surface area contributed by atoms with Gasteiger partial charge in [0.25, 0.3) is 0 Å². The van der Waals surface area contributed by atoms with Crippen molar-refractivity contribution >= 4 is 22.5 Å². The lowest BCUT2D eigenvalue weighted by Crippen LogP contribution is -2.34. The van der Waals surface area contributed by atoms with Crippen LogP contribution in [0.1, 0.15) is 35.1 Å². The lowest BCUT2D eigenvalue weighted by Gasteiger charge is -2.31. The van der Waals surface area contributed by atoms with Crippen molar-refractivity contribution in [2.24, 2.45) is 5.92 Å². The number of nitrogens with one attached hydrogen (secondary N) is 1. The summed E-state index contributed by atoms with van der Waals surface area (Å²) in [5, 5.41) is 0.768. The van der Waals surface area contributed by atoms with Gasteiger partial charge < -0.3 is 9.72 Å². The number of halogens is 4.